The highest BCUT2D eigenvalue weighted by molar-refractivity contribution is 6.17. The van der Waals surface area contributed by atoms with Crippen molar-refractivity contribution < 1.29 is 0 Å². The van der Waals surface area contributed by atoms with E-state index < -0.39 is 0 Å². The lowest BCUT2D eigenvalue weighted by Crippen LogP contribution is -2.00. The van der Waals surface area contributed by atoms with Crippen LogP contribution in [0.25, 0.3) is 5.69 Å². The number of nitrogens with zero attached hydrogens (tertiary/aromatic N) is 2. The Morgan fingerprint density at radius 2 is 1.94 bits per heavy atom. The maximum absolute atomic E-state index is 5.89. The fourth-order valence-electron chi connectivity index (χ4n) is 2.40. The first-order valence-electron chi connectivity index (χ1n) is 6.29. The van der Waals surface area contributed by atoms with Crippen molar-refractivity contribution in [3.63, 3.8) is 0 Å². The van der Waals surface area contributed by atoms with E-state index in [1.165, 1.54) is 22.4 Å². The minimum atomic E-state index is 0.559. The molecule has 0 aliphatic rings. The number of benzene rings is 1. The van der Waals surface area contributed by atoms with Gasteiger partial charge in [0.2, 0.25) is 0 Å². The van der Waals surface area contributed by atoms with Crippen LogP contribution in [0.2, 0.25) is 0 Å². The Kier molecular flexibility index (Phi) is 3.76. The third-order valence-electron chi connectivity index (χ3n) is 3.51. The lowest BCUT2D eigenvalue weighted by atomic mass is 10.1. The predicted octanol–water partition coefficient (Wildman–Crippen LogP) is 4.10. The van der Waals surface area contributed by atoms with E-state index in [9.17, 15) is 0 Å². The SMILES string of the molecule is CCc1c(C)nn(-c2ccc(CCl)c(C)c2)c1C. The summed E-state index contributed by atoms with van der Waals surface area (Å²) in [6, 6.07) is 6.32. The number of halogens is 1. The van der Waals surface area contributed by atoms with Gasteiger partial charge < -0.3 is 0 Å². The van der Waals surface area contributed by atoms with Crippen molar-refractivity contribution in [1.82, 2.24) is 9.78 Å². The highest BCUT2D eigenvalue weighted by atomic mass is 35.5. The van der Waals surface area contributed by atoms with E-state index in [1.807, 2.05) is 4.68 Å². The monoisotopic (exact) mass is 262 g/mol. The lowest BCUT2D eigenvalue weighted by molar-refractivity contribution is 0.831. The zero-order chi connectivity index (χ0) is 13.3. The Morgan fingerprint density at radius 1 is 1.22 bits per heavy atom. The average molecular weight is 263 g/mol. The Hall–Kier alpha value is -1.28. The first-order chi connectivity index (χ1) is 8.58. The van der Waals surface area contributed by atoms with Crippen LogP contribution in [0.3, 0.4) is 0 Å². The number of hydrogen-bond donors (Lipinski definition) is 0. The molecule has 0 N–H and O–H groups in total. The standard InChI is InChI=1S/C15H19ClN2/c1-5-15-11(3)17-18(12(15)4)14-7-6-13(9-16)10(2)8-14/h6-8H,5,9H2,1-4H3. The van der Waals surface area contributed by atoms with Crippen molar-refractivity contribution in [2.75, 3.05) is 0 Å². The Bertz CT molecular complexity index is 570. The molecule has 0 fully saturated rings. The summed E-state index contributed by atoms with van der Waals surface area (Å²) in [5, 5.41) is 4.63. The van der Waals surface area contributed by atoms with Crippen molar-refractivity contribution >= 4 is 11.6 Å². The van der Waals surface area contributed by atoms with Crippen molar-refractivity contribution in [2.45, 2.75) is 40.0 Å². The van der Waals surface area contributed by atoms with Crippen LogP contribution >= 0.6 is 11.6 Å². The molecule has 0 bridgehead atoms. The maximum atomic E-state index is 5.89. The average Bonchev–Trinajstić information content (AvgIpc) is 2.64. The summed E-state index contributed by atoms with van der Waals surface area (Å²) in [6.07, 6.45) is 1.02. The summed E-state index contributed by atoms with van der Waals surface area (Å²) in [4.78, 5) is 0. The summed E-state index contributed by atoms with van der Waals surface area (Å²) in [6.45, 7) is 8.46. The minimum absolute atomic E-state index is 0.559. The van der Waals surface area contributed by atoms with Gasteiger partial charge in [0.25, 0.3) is 0 Å². The van der Waals surface area contributed by atoms with E-state index in [-0.39, 0.29) is 0 Å². The van der Waals surface area contributed by atoms with Gasteiger partial charge >= 0.3 is 0 Å². The predicted molar refractivity (Wildman–Crippen MR) is 76.7 cm³/mol. The Balaban J connectivity index is 2.52. The fourth-order valence-corrected chi connectivity index (χ4v) is 2.70. The van der Waals surface area contributed by atoms with E-state index in [2.05, 4.69) is 51.0 Å². The van der Waals surface area contributed by atoms with E-state index in [1.54, 1.807) is 0 Å². The van der Waals surface area contributed by atoms with Crippen LogP contribution < -0.4 is 0 Å². The molecular formula is C15H19ClN2. The second kappa shape index (κ2) is 5.15. The molecule has 18 heavy (non-hydrogen) atoms. The van der Waals surface area contributed by atoms with Gasteiger partial charge in [0.15, 0.2) is 0 Å². The van der Waals surface area contributed by atoms with Crippen molar-refractivity contribution in [3.05, 3.63) is 46.3 Å². The fraction of sp³-hybridized carbons (Fsp3) is 0.400. The molecule has 2 rings (SSSR count). The zero-order valence-corrected chi connectivity index (χ0v) is 12.2. The normalized spacial score (nSPS) is 10.9. The summed E-state index contributed by atoms with van der Waals surface area (Å²) < 4.78 is 2.03. The Morgan fingerprint density at radius 3 is 2.44 bits per heavy atom. The lowest BCUT2D eigenvalue weighted by Gasteiger charge is -2.08. The quantitative estimate of drug-likeness (QED) is 0.762. The van der Waals surface area contributed by atoms with Gasteiger partial charge in [-0.1, -0.05) is 13.0 Å². The van der Waals surface area contributed by atoms with Crippen LogP contribution in [0.5, 0.6) is 0 Å². The number of rotatable bonds is 3. The van der Waals surface area contributed by atoms with Crippen LogP contribution in [-0.2, 0) is 12.3 Å². The number of alkyl halides is 1. The molecule has 0 saturated heterocycles. The molecule has 2 aromatic rings. The highest BCUT2D eigenvalue weighted by Crippen LogP contribution is 2.21. The smallest absolute Gasteiger partial charge is 0.0651 e. The minimum Gasteiger partial charge on any atom is -0.238 e. The van der Waals surface area contributed by atoms with Gasteiger partial charge in [0.1, 0.15) is 0 Å². The van der Waals surface area contributed by atoms with Crippen LogP contribution in [0.4, 0.5) is 0 Å². The van der Waals surface area contributed by atoms with Crippen molar-refractivity contribution in [3.8, 4) is 5.69 Å². The highest BCUT2D eigenvalue weighted by Gasteiger charge is 2.11. The molecule has 0 saturated carbocycles. The van der Waals surface area contributed by atoms with Crippen molar-refractivity contribution in [2.24, 2.45) is 0 Å². The first-order valence-corrected chi connectivity index (χ1v) is 6.82. The molecule has 96 valence electrons. The van der Waals surface area contributed by atoms with E-state index >= 15 is 0 Å². The molecule has 0 atom stereocenters. The van der Waals surface area contributed by atoms with E-state index in [0.717, 1.165) is 17.8 Å². The van der Waals surface area contributed by atoms with Gasteiger partial charge in [-0.15, -0.1) is 11.6 Å². The molecule has 1 heterocycles. The maximum Gasteiger partial charge on any atom is 0.0651 e. The molecule has 1 aromatic carbocycles. The molecule has 3 heteroatoms. The summed E-state index contributed by atoms with van der Waals surface area (Å²) in [5.41, 5.74) is 7.20. The van der Waals surface area contributed by atoms with E-state index in [0.29, 0.717) is 5.88 Å². The number of hydrogen-bond acceptors (Lipinski definition) is 1. The second-order valence-electron chi connectivity index (χ2n) is 4.66. The van der Waals surface area contributed by atoms with Gasteiger partial charge in [-0.05, 0) is 56.0 Å². The molecule has 0 aliphatic heterocycles. The molecule has 0 unspecified atom stereocenters. The second-order valence-corrected chi connectivity index (χ2v) is 4.93. The first kappa shape index (κ1) is 13.2. The van der Waals surface area contributed by atoms with Gasteiger partial charge in [0.05, 0.1) is 11.4 Å². The summed E-state index contributed by atoms with van der Waals surface area (Å²) in [5.74, 6) is 0.559. The molecule has 0 radical (unpaired) electrons. The van der Waals surface area contributed by atoms with Crippen LogP contribution in [0, 0.1) is 20.8 Å². The number of aromatic nitrogens is 2. The summed E-state index contributed by atoms with van der Waals surface area (Å²) in [7, 11) is 0. The molecule has 0 amide bonds. The van der Waals surface area contributed by atoms with Gasteiger partial charge in [-0.3, -0.25) is 0 Å². The van der Waals surface area contributed by atoms with Crippen molar-refractivity contribution in [1.29, 1.82) is 0 Å². The summed E-state index contributed by atoms with van der Waals surface area (Å²) >= 11 is 5.89. The van der Waals surface area contributed by atoms with E-state index in [4.69, 9.17) is 11.6 Å². The van der Waals surface area contributed by atoms with Crippen LogP contribution in [-0.4, -0.2) is 9.78 Å². The molecule has 0 aliphatic carbocycles. The van der Waals surface area contributed by atoms with Gasteiger partial charge in [-0.2, -0.15) is 5.10 Å². The van der Waals surface area contributed by atoms with Gasteiger partial charge in [0, 0.05) is 11.6 Å². The Labute approximate surface area is 114 Å². The van der Waals surface area contributed by atoms with Crippen LogP contribution in [0.1, 0.15) is 35.0 Å². The van der Waals surface area contributed by atoms with Gasteiger partial charge in [-0.25, -0.2) is 4.68 Å². The largest absolute Gasteiger partial charge is 0.238 e. The molecule has 1 aromatic heterocycles. The topological polar surface area (TPSA) is 17.8 Å². The molecule has 2 nitrogen and oxygen atoms in total. The zero-order valence-electron chi connectivity index (χ0n) is 11.4. The van der Waals surface area contributed by atoms with Crippen LogP contribution in [0.15, 0.2) is 18.2 Å². The molecule has 0 spiro atoms. The third-order valence-corrected chi connectivity index (χ3v) is 3.80. The number of aryl methyl sites for hydroxylation is 2. The third kappa shape index (κ3) is 2.17. The molecular weight excluding hydrogens is 244 g/mol.